The van der Waals surface area contributed by atoms with E-state index in [9.17, 15) is 24.0 Å². The van der Waals surface area contributed by atoms with Crippen LogP contribution in [0.25, 0.3) is 54.7 Å². The van der Waals surface area contributed by atoms with Gasteiger partial charge in [-0.1, -0.05) is 38.1 Å². The number of aromatic nitrogens is 4. The lowest BCUT2D eigenvalue weighted by Gasteiger charge is -2.10. The molecule has 8 aromatic rings. The number of ether oxygens (including phenoxy) is 1. The lowest BCUT2D eigenvalue weighted by atomic mass is 10.1. The fraction of sp³-hybridized carbons (Fsp3) is 0.162. The second kappa shape index (κ2) is 11.8. The van der Waals surface area contributed by atoms with Crippen molar-refractivity contribution in [2.75, 3.05) is 6.61 Å². The molecule has 0 aliphatic heterocycles. The lowest BCUT2D eigenvalue weighted by molar-refractivity contribution is 0.0826. The van der Waals surface area contributed by atoms with Crippen LogP contribution in [-0.4, -0.2) is 38.0 Å². The van der Waals surface area contributed by atoms with Crippen LogP contribution in [0.4, 0.5) is 0 Å². The zero-order valence-corrected chi connectivity index (χ0v) is 26.7. The van der Waals surface area contributed by atoms with Gasteiger partial charge in [-0.05, 0) is 54.8 Å². The molecule has 3 aromatic carbocycles. The topological polar surface area (TPSA) is 170 Å². The zero-order valence-electron chi connectivity index (χ0n) is 26.7. The van der Waals surface area contributed by atoms with Crippen LogP contribution < -0.4 is 21.6 Å². The molecule has 50 heavy (non-hydrogen) atoms. The van der Waals surface area contributed by atoms with Gasteiger partial charge in [-0.2, -0.15) is 19.6 Å². The van der Waals surface area contributed by atoms with Gasteiger partial charge in [-0.15, -0.1) is 0 Å². The van der Waals surface area contributed by atoms with E-state index in [2.05, 4.69) is 10.2 Å². The zero-order chi connectivity index (χ0) is 34.7. The lowest BCUT2D eigenvalue weighted by Crippen LogP contribution is -2.21. The summed E-state index contributed by atoms with van der Waals surface area (Å²) >= 11 is 0. The highest BCUT2D eigenvalue weighted by Gasteiger charge is 2.24. The van der Waals surface area contributed by atoms with Crippen LogP contribution in [0.1, 0.15) is 40.4 Å². The molecule has 0 fully saturated rings. The number of nitrogens with zero attached hydrogens (tertiary/aromatic N) is 4. The van der Waals surface area contributed by atoms with E-state index in [1.807, 2.05) is 13.8 Å². The Morgan fingerprint density at radius 1 is 0.660 bits per heavy atom. The van der Waals surface area contributed by atoms with Crippen LogP contribution in [0, 0.1) is 0 Å². The minimum absolute atomic E-state index is 0.136. The molecule has 8 rings (SSSR count). The molecule has 0 unspecified atom stereocenters. The summed E-state index contributed by atoms with van der Waals surface area (Å²) in [5.74, 6) is -0.786. The first kappa shape index (κ1) is 30.7. The molecule has 0 radical (unpaired) electrons. The number of carbonyl (C=O) groups is 2. The van der Waals surface area contributed by atoms with Crippen LogP contribution in [0.5, 0.6) is 5.75 Å². The fourth-order valence-corrected chi connectivity index (χ4v) is 6.40. The van der Waals surface area contributed by atoms with Gasteiger partial charge in [0.05, 0.1) is 28.8 Å². The van der Waals surface area contributed by atoms with Gasteiger partial charge in [0.1, 0.15) is 33.3 Å². The van der Waals surface area contributed by atoms with Crippen LogP contribution in [0.3, 0.4) is 0 Å². The van der Waals surface area contributed by atoms with Gasteiger partial charge in [0.25, 0.3) is 11.8 Å². The predicted molar refractivity (Wildman–Crippen MR) is 183 cm³/mol. The van der Waals surface area contributed by atoms with Gasteiger partial charge < -0.3 is 18.0 Å². The van der Waals surface area contributed by atoms with Crippen LogP contribution >= 0.6 is 0 Å². The van der Waals surface area contributed by atoms with Crippen LogP contribution in [0.15, 0.2) is 100 Å². The Balaban J connectivity index is 1.11. The molecular weight excluding hydrogens is 644 g/mol. The summed E-state index contributed by atoms with van der Waals surface area (Å²) in [5.41, 5.74) is 0.825. The normalized spacial score (nSPS) is 11.7. The maximum Gasteiger partial charge on any atom is 0.347 e. The maximum absolute atomic E-state index is 13.8. The standard InChI is InChI=1S/C37H26N4O9/c1-3-24-32-34(22-9-5-7-11-26(22)49-36(32)45)40(38-24)29(42)15-19-16-31(44)48-28-17-20(13-14-21(19)28)47-18-30(43)41-35-23-10-6-8-12-27(23)50-37(46)33(35)25(4-2)39-41/h5-14,16-17H,3-4,15,18H2,1-2H3. The molecular formula is C37H26N4O9. The molecule has 0 N–H and O–H groups in total. The Morgan fingerprint density at radius 3 is 1.80 bits per heavy atom. The summed E-state index contributed by atoms with van der Waals surface area (Å²) in [6.45, 7) is 3.21. The Morgan fingerprint density at radius 2 is 1.22 bits per heavy atom. The van der Waals surface area contributed by atoms with Crippen molar-refractivity contribution < 1.29 is 27.6 Å². The number of benzene rings is 3. The molecule has 0 aliphatic rings. The molecule has 0 aliphatic carbocycles. The summed E-state index contributed by atoms with van der Waals surface area (Å²) in [5, 5.41) is 10.9. The van der Waals surface area contributed by atoms with Crippen molar-refractivity contribution in [3.05, 3.63) is 121 Å². The molecule has 0 amide bonds. The largest absolute Gasteiger partial charge is 0.484 e. The van der Waals surface area contributed by atoms with Gasteiger partial charge in [0.2, 0.25) is 0 Å². The van der Waals surface area contributed by atoms with E-state index in [1.54, 1.807) is 60.7 Å². The average molecular weight is 671 g/mol. The molecule has 248 valence electrons. The van der Waals surface area contributed by atoms with Crippen LogP contribution in [0.2, 0.25) is 0 Å². The number of fused-ring (bicyclic) bond motifs is 7. The highest BCUT2D eigenvalue weighted by atomic mass is 16.5. The first-order valence-corrected chi connectivity index (χ1v) is 15.9. The van der Waals surface area contributed by atoms with Gasteiger partial charge in [-0.25, -0.2) is 14.4 Å². The van der Waals surface area contributed by atoms with Gasteiger partial charge >= 0.3 is 16.9 Å². The minimum Gasteiger partial charge on any atom is -0.484 e. The highest BCUT2D eigenvalue weighted by molar-refractivity contribution is 6.08. The molecule has 13 nitrogen and oxygen atoms in total. The second-order valence-corrected chi connectivity index (χ2v) is 11.6. The number of rotatable bonds is 7. The minimum atomic E-state index is -0.694. The summed E-state index contributed by atoms with van der Waals surface area (Å²) in [6.07, 6.45) is 0.562. The molecule has 5 heterocycles. The molecule has 13 heteroatoms. The SMILES string of the molecule is CCc1nn(C(=O)COc2ccc3c(CC(=O)n4nc(CC)c5c(=O)oc6ccccc6c54)cc(=O)oc3c2)c2c1c(=O)oc1ccccc12. The Hall–Kier alpha value is -6.63. The van der Waals surface area contributed by atoms with Crippen molar-refractivity contribution in [3.63, 3.8) is 0 Å². The van der Waals surface area contributed by atoms with Gasteiger partial charge in [0, 0.05) is 28.3 Å². The Labute approximate surface area is 279 Å². The van der Waals surface area contributed by atoms with Crippen LogP contribution in [-0.2, 0) is 19.3 Å². The summed E-state index contributed by atoms with van der Waals surface area (Å²) in [4.78, 5) is 65.6. The number of para-hydroxylation sites is 2. The molecule has 0 spiro atoms. The van der Waals surface area contributed by atoms with E-state index in [0.29, 0.717) is 68.2 Å². The van der Waals surface area contributed by atoms with Crippen molar-refractivity contribution in [2.24, 2.45) is 0 Å². The third-order valence-corrected chi connectivity index (χ3v) is 8.66. The van der Waals surface area contributed by atoms with E-state index >= 15 is 0 Å². The quantitative estimate of drug-likeness (QED) is 0.198. The highest BCUT2D eigenvalue weighted by Crippen LogP contribution is 2.28. The molecule has 0 saturated carbocycles. The molecule has 5 aromatic heterocycles. The monoisotopic (exact) mass is 670 g/mol. The van der Waals surface area contributed by atoms with Gasteiger partial charge in [0.15, 0.2) is 6.61 Å². The van der Waals surface area contributed by atoms with Crippen molar-refractivity contribution in [1.82, 2.24) is 19.6 Å². The Kier molecular flexibility index (Phi) is 7.25. The summed E-state index contributed by atoms with van der Waals surface area (Å²) < 4.78 is 24.6. The number of carbonyl (C=O) groups excluding carboxylic acids is 2. The van der Waals surface area contributed by atoms with E-state index in [4.69, 9.17) is 18.0 Å². The van der Waals surface area contributed by atoms with Crippen molar-refractivity contribution in [3.8, 4) is 5.75 Å². The van der Waals surface area contributed by atoms with E-state index in [0.717, 1.165) is 4.68 Å². The van der Waals surface area contributed by atoms with E-state index < -0.39 is 35.3 Å². The number of hydrogen-bond donors (Lipinski definition) is 0. The van der Waals surface area contributed by atoms with E-state index in [1.165, 1.54) is 16.8 Å². The third-order valence-electron chi connectivity index (χ3n) is 8.66. The molecule has 0 atom stereocenters. The van der Waals surface area contributed by atoms with Crippen molar-refractivity contribution in [2.45, 2.75) is 33.1 Å². The summed E-state index contributed by atoms with van der Waals surface area (Å²) in [6, 6.07) is 19.7. The summed E-state index contributed by atoms with van der Waals surface area (Å²) in [7, 11) is 0. The second-order valence-electron chi connectivity index (χ2n) is 11.6. The third kappa shape index (κ3) is 4.89. The molecule has 0 bridgehead atoms. The Bertz CT molecular complexity index is 2890. The first-order chi connectivity index (χ1) is 24.2. The number of hydrogen-bond acceptors (Lipinski definition) is 11. The fourth-order valence-electron chi connectivity index (χ4n) is 6.40. The molecule has 0 saturated heterocycles. The van der Waals surface area contributed by atoms with Crippen molar-refractivity contribution >= 4 is 66.5 Å². The van der Waals surface area contributed by atoms with Crippen molar-refractivity contribution in [1.29, 1.82) is 0 Å². The predicted octanol–water partition coefficient (Wildman–Crippen LogP) is 5.43. The average Bonchev–Trinajstić information content (AvgIpc) is 3.71. The van der Waals surface area contributed by atoms with Gasteiger partial charge in [-0.3, -0.25) is 9.59 Å². The first-order valence-electron chi connectivity index (χ1n) is 15.9. The smallest absolute Gasteiger partial charge is 0.347 e. The maximum atomic E-state index is 13.8. The van der Waals surface area contributed by atoms with E-state index in [-0.39, 0.29) is 28.5 Å². The number of aryl methyl sites for hydroxylation is 2.